The zero-order valence-corrected chi connectivity index (χ0v) is 26.9. The number of ether oxygens (including phenoxy) is 1. The fraction of sp³-hybridized carbons (Fsp3) is 0.548. The smallest absolute Gasteiger partial charge is 0.274 e. The Morgan fingerprint density at radius 2 is 1.62 bits per heavy atom. The normalized spacial score (nSPS) is 16.7. The molecule has 0 aliphatic carbocycles. The third-order valence-corrected chi connectivity index (χ3v) is 7.42. The molecular formula is C31H39F4N5O7. The van der Waals surface area contributed by atoms with Crippen LogP contribution < -0.4 is 26.0 Å². The summed E-state index contributed by atoms with van der Waals surface area (Å²) in [6, 6.07) is -2.48. The van der Waals surface area contributed by atoms with Gasteiger partial charge in [0.05, 0.1) is 6.04 Å². The number of carbonyl (C=O) groups is 5. The molecule has 258 valence electrons. The molecule has 1 saturated heterocycles. The van der Waals surface area contributed by atoms with E-state index in [1.54, 1.807) is 41.5 Å². The molecule has 1 fully saturated rings. The molecule has 1 aliphatic rings. The second-order valence-electron chi connectivity index (χ2n) is 12.9. The molecule has 0 saturated carbocycles. The fourth-order valence-electron chi connectivity index (χ4n) is 4.93. The Bertz CT molecular complexity index is 1480. The molecule has 2 aromatic rings. The number of benzene rings is 1. The zero-order valence-electron chi connectivity index (χ0n) is 26.9. The summed E-state index contributed by atoms with van der Waals surface area (Å²) in [5.74, 6) is -12.7. The molecule has 2 heterocycles. The van der Waals surface area contributed by atoms with E-state index in [1.807, 2.05) is 0 Å². The topological polar surface area (TPSA) is 169 Å². The summed E-state index contributed by atoms with van der Waals surface area (Å²) >= 11 is 0. The number of carbonyl (C=O) groups excluding carboxylic acids is 5. The van der Waals surface area contributed by atoms with E-state index < -0.39 is 88.6 Å². The molecule has 4 atom stereocenters. The number of hydrogen-bond acceptors (Lipinski definition) is 8. The first-order valence-corrected chi connectivity index (χ1v) is 15.0. The van der Waals surface area contributed by atoms with E-state index in [9.17, 15) is 41.5 Å². The van der Waals surface area contributed by atoms with Crippen molar-refractivity contribution in [3.05, 3.63) is 46.9 Å². The van der Waals surface area contributed by atoms with Gasteiger partial charge in [0.25, 0.3) is 5.91 Å². The van der Waals surface area contributed by atoms with Crippen LogP contribution in [-0.4, -0.2) is 65.8 Å². The fourth-order valence-corrected chi connectivity index (χ4v) is 4.93. The minimum Gasteiger partial charge on any atom is -0.479 e. The second kappa shape index (κ2) is 15.4. The van der Waals surface area contributed by atoms with E-state index in [1.165, 1.54) is 6.07 Å². The number of halogens is 4. The third kappa shape index (κ3) is 9.75. The van der Waals surface area contributed by atoms with Crippen LogP contribution in [0.25, 0.3) is 0 Å². The number of nitrogens with zero attached hydrogens (tertiary/aromatic N) is 1. The number of aryl methyl sites for hydroxylation is 1. The Kier molecular flexibility index (Phi) is 12.1. The van der Waals surface area contributed by atoms with E-state index in [-0.39, 0.29) is 36.4 Å². The van der Waals surface area contributed by atoms with Crippen molar-refractivity contribution in [3.63, 3.8) is 0 Å². The molecule has 3 rings (SSSR count). The summed E-state index contributed by atoms with van der Waals surface area (Å²) in [6.45, 7) is 9.44. The predicted octanol–water partition coefficient (Wildman–Crippen LogP) is 2.87. The van der Waals surface area contributed by atoms with E-state index in [4.69, 9.17) is 9.26 Å². The second-order valence-corrected chi connectivity index (χ2v) is 12.9. The van der Waals surface area contributed by atoms with Gasteiger partial charge in [-0.1, -0.05) is 39.8 Å². The minimum absolute atomic E-state index is 0.0187. The van der Waals surface area contributed by atoms with Crippen molar-refractivity contribution in [2.45, 2.75) is 78.9 Å². The van der Waals surface area contributed by atoms with Crippen LogP contribution in [0.1, 0.15) is 70.1 Å². The van der Waals surface area contributed by atoms with Gasteiger partial charge in [-0.25, -0.2) is 8.78 Å². The molecule has 0 radical (unpaired) electrons. The van der Waals surface area contributed by atoms with Crippen LogP contribution in [0.4, 0.5) is 17.6 Å². The minimum atomic E-state index is -1.86. The highest BCUT2D eigenvalue weighted by Gasteiger charge is 2.38. The standard InChI is InChI=1S/C31H39F4N5O7/c1-14(2)9-20(38-30(45)26(31(4,5)6)39-29(44)21-10-15(3)47-40-21)28(43)37-19(11-16-7-8-36-27(16)42)22(41)13-46-25-23(34)17(32)12-18(33)24(25)35/h10,12,14,16,19-20,26H,7-9,11,13H2,1-6H3,(H,36,42)(H,37,43)(H,38,45)(H,39,44)/t16-,19-,20-,26?/m0/s1. The summed E-state index contributed by atoms with van der Waals surface area (Å²) in [6.07, 6.45) is 0.176. The van der Waals surface area contributed by atoms with Gasteiger partial charge in [-0.15, -0.1) is 0 Å². The molecule has 0 spiro atoms. The summed E-state index contributed by atoms with van der Waals surface area (Å²) in [5.41, 5.74) is -0.898. The first kappa shape index (κ1) is 37.0. The average molecular weight is 670 g/mol. The third-order valence-electron chi connectivity index (χ3n) is 7.42. The van der Waals surface area contributed by atoms with Crippen LogP contribution in [0, 0.1) is 47.4 Å². The van der Waals surface area contributed by atoms with Gasteiger partial charge < -0.3 is 30.5 Å². The van der Waals surface area contributed by atoms with Crippen molar-refractivity contribution in [2.75, 3.05) is 13.2 Å². The first-order valence-electron chi connectivity index (χ1n) is 15.0. The van der Waals surface area contributed by atoms with Gasteiger partial charge in [-0.3, -0.25) is 24.0 Å². The predicted molar refractivity (Wildman–Crippen MR) is 158 cm³/mol. The SMILES string of the molecule is Cc1cc(C(=O)NC(C(=O)N[C@@H](CC(C)C)C(=O)N[C@@H](C[C@@H]2CCNC2=O)C(=O)COc2c(F)c(F)cc(F)c2F)C(C)(C)C)no1. The van der Waals surface area contributed by atoms with Gasteiger partial charge in [0, 0.05) is 24.6 Å². The lowest BCUT2D eigenvalue weighted by Crippen LogP contribution is -2.59. The summed E-state index contributed by atoms with van der Waals surface area (Å²) in [7, 11) is 0. The summed E-state index contributed by atoms with van der Waals surface area (Å²) < 4.78 is 65.4. The molecule has 12 nitrogen and oxygen atoms in total. The van der Waals surface area contributed by atoms with E-state index in [2.05, 4.69) is 26.4 Å². The largest absolute Gasteiger partial charge is 0.479 e. The van der Waals surface area contributed by atoms with Gasteiger partial charge in [-0.05, 0) is 37.5 Å². The number of amides is 4. The van der Waals surface area contributed by atoms with Crippen LogP contribution in [-0.2, 0) is 19.2 Å². The lowest BCUT2D eigenvalue weighted by Gasteiger charge is -2.32. The number of rotatable bonds is 14. The van der Waals surface area contributed by atoms with Gasteiger partial charge in [-0.2, -0.15) is 8.78 Å². The zero-order chi connectivity index (χ0) is 35.2. The Balaban J connectivity index is 1.82. The Morgan fingerprint density at radius 3 is 2.13 bits per heavy atom. The van der Waals surface area contributed by atoms with Crippen molar-refractivity contribution in [1.82, 2.24) is 26.4 Å². The number of ketones is 1. The van der Waals surface area contributed by atoms with Crippen molar-refractivity contribution in [2.24, 2.45) is 17.3 Å². The Labute approximate surface area is 268 Å². The molecule has 16 heteroatoms. The molecule has 1 aromatic heterocycles. The van der Waals surface area contributed by atoms with Crippen molar-refractivity contribution >= 4 is 29.4 Å². The van der Waals surface area contributed by atoms with Gasteiger partial charge in [0.1, 0.15) is 24.5 Å². The number of nitrogens with one attached hydrogen (secondary N) is 4. The molecule has 47 heavy (non-hydrogen) atoms. The highest BCUT2D eigenvalue weighted by atomic mass is 19.2. The summed E-state index contributed by atoms with van der Waals surface area (Å²) in [5, 5.41) is 14.0. The van der Waals surface area contributed by atoms with Crippen LogP contribution in [0.2, 0.25) is 0 Å². The summed E-state index contributed by atoms with van der Waals surface area (Å²) in [4.78, 5) is 65.5. The van der Waals surface area contributed by atoms with Crippen molar-refractivity contribution < 1.29 is 50.8 Å². The molecule has 1 unspecified atom stereocenters. The van der Waals surface area contributed by atoms with E-state index in [0.717, 1.165) is 0 Å². The Morgan fingerprint density at radius 1 is 1.00 bits per heavy atom. The molecule has 4 N–H and O–H groups in total. The first-order chi connectivity index (χ1) is 21.9. The molecular weight excluding hydrogens is 630 g/mol. The molecule has 0 bridgehead atoms. The maximum absolute atomic E-state index is 14.1. The number of Topliss-reactive ketones (excluding diaryl/α,β-unsaturated/α-hetero) is 1. The lowest BCUT2D eigenvalue weighted by molar-refractivity contribution is -0.134. The maximum atomic E-state index is 14.1. The Hall–Kier alpha value is -4.50. The number of hydrogen-bond donors (Lipinski definition) is 4. The van der Waals surface area contributed by atoms with Gasteiger partial charge in [0.15, 0.2) is 28.9 Å². The van der Waals surface area contributed by atoms with Crippen LogP contribution in [0.3, 0.4) is 0 Å². The monoisotopic (exact) mass is 669 g/mol. The average Bonchev–Trinajstić information content (AvgIpc) is 3.60. The van der Waals surface area contributed by atoms with Crippen molar-refractivity contribution in [3.8, 4) is 5.75 Å². The van der Waals surface area contributed by atoms with Gasteiger partial charge >= 0.3 is 0 Å². The number of aromatic nitrogens is 1. The quantitative estimate of drug-likeness (QED) is 0.176. The highest BCUT2D eigenvalue weighted by Crippen LogP contribution is 2.27. The highest BCUT2D eigenvalue weighted by molar-refractivity contribution is 5.98. The maximum Gasteiger partial charge on any atom is 0.274 e. The van der Waals surface area contributed by atoms with Gasteiger partial charge in [0.2, 0.25) is 29.4 Å². The molecule has 1 aliphatic heterocycles. The molecule has 1 aromatic carbocycles. The van der Waals surface area contributed by atoms with E-state index in [0.29, 0.717) is 18.7 Å². The van der Waals surface area contributed by atoms with Crippen LogP contribution in [0.5, 0.6) is 5.75 Å². The molecule has 4 amide bonds. The van der Waals surface area contributed by atoms with Crippen LogP contribution in [0.15, 0.2) is 16.7 Å². The van der Waals surface area contributed by atoms with Crippen molar-refractivity contribution in [1.29, 1.82) is 0 Å². The lowest BCUT2D eigenvalue weighted by atomic mass is 9.85. The van der Waals surface area contributed by atoms with E-state index >= 15 is 0 Å². The van der Waals surface area contributed by atoms with Crippen LogP contribution >= 0.6 is 0 Å².